The van der Waals surface area contributed by atoms with Gasteiger partial charge < -0.3 is 14.2 Å². The topological polar surface area (TPSA) is 48.0 Å². The van der Waals surface area contributed by atoms with Gasteiger partial charge in [-0.05, 0) is 38.7 Å². The normalized spacial score (nSPS) is 21.8. The van der Waals surface area contributed by atoms with Crippen LogP contribution in [0.15, 0.2) is 42.0 Å². The van der Waals surface area contributed by atoms with Crippen LogP contribution in [0.2, 0.25) is 0 Å². The Balaban J connectivity index is 1.58. The zero-order valence-electron chi connectivity index (χ0n) is 15.7. The summed E-state index contributed by atoms with van der Waals surface area (Å²) < 4.78 is 16.9. The number of hydrogen-bond donors (Lipinski definition) is 0. The summed E-state index contributed by atoms with van der Waals surface area (Å²) in [5.41, 5.74) is 2.34. The third kappa shape index (κ3) is 4.65. The van der Waals surface area contributed by atoms with E-state index < -0.39 is 0 Å². The first kappa shape index (κ1) is 18.9. The SMILES string of the molecule is CCOC(CC1=CC2CCC(C1)N2C(=O)OCc1ccccc1)OCC. The Kier molecular flexibility index (Phi) is 6.69. The van der Waals surface area contributed by atoms with E-state index in [9.17, 15) is 4.79 Å². The molecule has 3 rings (SSSR count). The van der Waals surface area contributed by atoms with Crippen molar-refractivity contribution in [1.82, 2.24) is 4.90 Å². The molecule has 1 amide bonds. The van der Waals surface area contributed by atoms with Gasteiger partial charge in [0.15, 0.2) is 6.29 Å². The lowest BCUT2D eigenvalue weighted by atomic mass is 9.98. The van der Waals surface area contributed by atoms with Crippen LogP contribution in [0.3, 0.4) is 0 Å². The Morgan fingerprint density at radius 3 is 2.54 bits per heavy atom. The third-order valence-electron chi connectivity index (χ3n) is 5.02. The van der Waals surface area contributed by atoms with Crippen molar-refractivity contribution in [3.63, 3.8) is 0 Å². The van der Waals surface area contributed by atoms with Crippen LogP contribution in [-0.2, 0) is 20.8 Å². The molecule has 2 aliphatic heterocycles. The van der Waals surface area contributed by atoms with Gasteiger partial charge in [-0.15, -0.1) is 0 Å². The van der Waals surface area contributed by atoms with Crippen LogP contribution in [0.25, 0.3) is 0 Å². The zero-order valence-corrected chi connectivity index (χ0v) is 15.7. The first-order valence-corrected chi connectivity index (χ1v) is 9.63. The van der Waals surface area contributed by atoms with Crippen molar-refractivity contribution in [3.8, 4) is 0 Å². The second-order valence-corrected chi connectivity index (χ2v) is 6.82. The molecule has 2 bridgehead atoms. The van der Waals surface area contributed by atoms with E-state index >= 15 is 0 Å². The van der Waals surface area contributed by atoms with E-state index in [2.05, 4.69) is 6.08 Å². The van der Waals surface area contributed by atoms with E-state index in [0.717, 1.165) is 31.2 Å². The fourth-order valence-electron chi connectivity index (χ4n) is 3.90. The second-order valence-electron chi connectivity index (χ2n) is 6.82. The Morgan fingerprint density at radius 1 is 1.15 bits per heavy atom. The fraction of sp³-hybridized carbons (Fsp3) is 0.571. The Hall–Kier alpha value is -1.85. The molecule has 2 atom stereocenters. The molecule has 2 unspecified atom stereocenters. The van der Waals surface area contributed by atoms with Gasteiger partial charge in [-0.1, -0.05) is 42.0 Å². The van der Waals surface area contributed by atoms with Crippen molar-refractivity contribution >= 4 is 6.09 Å². The predicted molar refractivity (Wildman–Crippen MR) is 99.6 cm³/mol. The molecule has 142 valence electrons. The minimum Gasteiger partial charge on any atom is -0.445 e. The summed E-state index contributed by atoms with van der Waals surface area (Å²) in [5, 5.41) is 0. The predicted octanol–water partition coefficient (Wildman–Crippen LogP) is 4.28. The van der Waals surface area contributed by atoms with Gasteiger partial charge in [0.2, 0.25) is 0 Å². The molecular formula is C21H29NO4. The smallest absolute Gasteiger partial charge is 0.410 e. The lowest BCUT2D eigenvalue weighted by Gasteiger charge is -2.34. The fourth-order valence-corrected chi connectivity index (χ4v) is 3.90. The number of fused-ring (bicyclic) bond motifs is 2. The molecule has 0 radical (unpaired) electrons. The molecule has 1 aromatic carbocycles. The van der Waals surface area contributed by atoms with Gasteiger partial charge in [-0.3, -0.25) is 4.90 Å². The average molecular weight is 359 g/mol. The van der Waals surface area contributed by atoms with Crippen LogP contribution < -0.4 is 0 Å². The molecule has 1 aromatic rings. The van der Waals surface area contributed by atoms with Gasteiger partial charge in [0.1, 0.15) is 6.61 Å². The summed E-state index contributed by atoms with van der Waals surface area (Å²) in [4.78, 5) is 14.5. The minimum atomic E-state index is -0.206. The van der Waals surface area contributed by atoms with E-state index in [0.29, 0.717) is 19.8 Å². The molecule has 0 aliphatic carbocycles. The molecular weight excluding hydrogens is 330 g/mol. The highest BCUT2D eigenvalue weighted by molar-refractivity contribution is 5.70. The number of rotatable bonds is 8. The summed E-state index contributed by atoms with van der Waals surface area (Å²) in [6, 6.07) is 10.2. The van der Waals surface area contributed by atoms with E-state index in [1.54, 1.807) is 0 Å². The highest BCUT2D eigenvalue weighted by Gasteiger charge is 2.40. The molecule has 2 heterocycles. The van der Waals surface area contributed by atoms with Gasteiger partial charge in [-0.2, -0.15) is 0 Å². The van der Waals surface area contributed by atoms with E-state index in [-0.39, 0.29) is 24.5 Å². The van der Waals surface area contributed by atoms with Crippen LogP contribution in [0.4, 0.5) is 4.79 Å². The van der Waals surface area contributed by atoms with Gasteiger partial charge in [0, 0.05) is 25.7 Å². The maximum Gasteiger partial charge on any atom is 0.410 e. The van der Waals surface area contributed by atoms with Gasteiger partial charge in [0.25, 0.3) is 0 Å². The van der Waals surface area contributed by atoms with E-state index in [1.807, 2.05) is 49.1 Å². The van der Waals surface area contributed by atoms with Crippen LogP contribution in [-0.4, -0.2) is 42.6 Å². The third-order valence-corrected chi connectivity index (χ3v) is 5.02. The maximum absolute atomic E-state index is 12.6. The van der Waals surface area contributed by atoms with Crippen molar-refractivity contribution in [3.05, 3.63) is 47.5 Å². The first-order chi connectivity index (χ1) is 12.7. The van der Waals surface area contributed by atoms with Crippen molar-refractivity contribution in [2.45, 2.75) is 64.5 Å². The first-order valence-electron chi connectivity index (χ1n) is 9.63. The molecule has 0 spiro atoms. The van der Waals surface area contributed by atoms with E-state index in [4.69, 9.17) is 14.2 Å². The van der Waals surface area contributed by atoms with Crippen LogP contribution >= 0.6 is 0 Å². The number of nitrogens with zero attached hydrogens (tertiary/aromatic N) is 1. The maximum atomic E-state index is 12.6. The van der Waals surface area contributed by atoms with Crippen LogP contribution in [0.5, 0.6) is 0 Å². The van der Waals surface area contributed by atoms with Crippen LogP contribution in [0.1, 0.15) is 45.1 Å². The molecule has 1 saturated heterocycles. The number of ether oxygens (including phenoxy) is 3. The second kappa shape index (κ2) is 9.19. The molecule has 2 aliphatic rings. The van der Waals surface area contributed by atoms with Gasteiger partial charge in [-0.25, -0.2) is 4.79 Å². The lowest BCUT2D eigenvalue weighted by Crippen LogP contribution is -2.43. The number of hydrogen-bond acceptors (Lipinski definition) is 4. The monoisotopic (exact) mass is 359 g/mol. The number of amides is 1. The molecule has 5 nitrogen and oxygen atoms in total. The number of carbonyl (C=O) groups is 1. The zero-order chi connectivity index (χ0) is 18.4. The largest absolute Gasteiger partial charge is 0.445 e. The summed E-state index contributed by atoms with van der Waals surface area (Å²) >= 11 is 0. The number of carbonyl (C=O) groups excluding carboxylic acids is 1. The number of benzene rings is 1. The Bertz CT molecular complexity index is 610. The summed E-state index contributed by atoms with van der Waals surface area (Å²) in [6.07, 6.45) is 5.52. The molecule has 0 aromatic heterocycles. The highest BCUT2D eigenvalue weighted by atomic mass is 16.7. The van der Waals surface area contributed by atoms with Crippen molar-refractivity contribution in [2.75, 3.05) is 13.2 Å². The lowest BCUT2D eigenvalue weighted by molar-refractivity contribution is -0.135. The van der Waals surface area contributed by atoms with Crippen molar-refractivity contribution < 1.29 is 19.0 Å². The van der Waals surface area contributed by atoms with Gasteiger partial charge >= 0.3 is 6.09 Å². The Labute approximate surface area is 155 Å². The summed E-state index contributed by atoms with van der Waals surface area (Å²) in [7, 11) is 0. The standard InChI is InChI=1S/C21H29NO4/c1-3-24-20(25-4-2)14-17-12-18-10-11-19(13-17)22(18)21(23)26-15-16-8-6-5-7-9-16/h5-9,12,18-20H,3-4,10-11,13-15H2,1-2H3. The van der Waals surface area contributed by atoms with Crippen LogP contribution in [0, 0.1) is 0 Å². The molecule has 26 heavy (non-hydrogen) atoms. The summed E-state index contributed by atoms with van der Waals surface area (Å²) in [6.45, 7) is 5.57. The van der Waals surface area contributed by atoms with Crippen molar-refractivity contribution in [1.29, 1.82) is 0 Å². The highest BCUT2D eigenvalue weighted by Crippen LogP contribution is 2.37. The van der Waals surface area contributed by atoms with Crippen molar-refractivity contribution in [2.24, 2.45) is 0 Å². The minimum absolute atomic E-state index is 0.135. The molecule has 5 heteroatoms. The molecule has 0 N–H and O–H groups in total. The summed E-state index contributed by atoms with van der Waals surface area (Å²) in [5.74, 6) is 0. The van der Waals surface area contributed by atoms with E-state index in [1.165, 1.54) is 5.57 Å². The average Bonchev–Trinajstić information content (AvgIpc) is 2.92. The molecule has 0 saturated carbocycles. The molecule has 1 fully saturated rings. The van der Waals surface area contributed by atoms with Gasteiger partial charge in [0.05, 0.1) is 6.04 Å². The Morgan fingerprint density at radius 2 is 1.88 bits per heavy atom. The quantitative estimate of drug-likeness (QED) is 0.513.